The minimum absolute atomic E-state index is 0.771. The first-order chi connectivity index (χ1) is 8.29. The quantitative estimate of drug-likeness (QED) is 0.763. The minimum atomic E-state index is 0.771. The molecule has 1 fully saturated rings. The van der Waals surface area contributed by atoms with Gasteiger partial charge in [-0.2, -0.15) is 0 Å². The lowest BCUT2D eigenvalue weighted by atomic mass is 9.89. The maximum atomic E-state index is 2.65. The third-order valence-electron chi connectivity index (χ3n) is 4.23. The third kappa shape index (κ3) is 3.57. The second-order valence-electron chi connectivity index (χ2n) is 5.43. The van der Waals surface area contributed by atoms with Crippen molar-refractivity contribution in [1.29, 1.82) is 0 Å². The number of hydrogen-bond donors (Lipinski definition) is 0. The van der Waals surface area contributed by atoms with Gasteiger partial charge in [-0.1, -0.05) is 37.3 Å². The van der Waals surface area contributed by atoms with Crippen LogP contribution < -0.4 is 0 Å². The van der Waals surface area contributed by atoms with Crippen LogP contribution in [0.5, 0.6) is 0 Å². The molecule has 0 aliphatic carbocycles. The maximum absolute atomic E-state index is 2.65. The summed E-state index contributed by atoms with van der Waals surface area (Å²) in [6, 6.07) is 11.7. The number of hydrogen-bond acceptors (Lipinski definition) is 1. The molecule has 1 aliphatic rings. The molecule has 17 heavy (non-hydrogen) atoms. The Morgan fingerprint density at radius 3 is 2.41 bits per heavy atom. The highest BCUT2D eigenvalue weighted by Gasteiger charge is 2.21. The van der Waals surface area contributed by atoms with Crippen LogP contribution in [0.4, 0.5) is 0 Å². The van der Waals surface area contributed by atoms with Gasteiger partial charge in [0, 0.05) is 6.04 Å². The van der Waals surface area contributed by atoms with Gasteiger partial charge in [0.05, 0.1) is 0 Å². The Morgan fingerprint density at radius 2 is 1.82 bits per heavy atom. The Balaban J connectivity index is 1.80. The van der Waals surface area contributed by atoms with Gasteiger partial charge >= 0.3 is 0 Å². The lowest BCUT2D eigenvalue weighted by molar-refractivity contribution is 0.138. The SMILES string of the molecule is CC[C@H](C)N1CCC(Cc2ccccc2)CC1. The molecule has 1 nitrogen and oxygen atoms in total. The fraction of sp³-hybridized carbons (Fsp3) is 0.625. The van der Waals surface area contributed by atoms with Gasteiger partial charge in [0.15, 0.2) is 0 Å². The van der Waals surface area contributed by atoms with E-state index in [4.69, 9.17) is 0 Å². The summed E-state index contributed by atoms with van der Waals surface area (Å²) in [5, 5.41) is 0. The van der Waals surface area contributed by atoms with Crippen molar-refractivity contribution >= 4 is 0 Å². The predicted octanol–water partition coefficient (Wildman–Crippen LogP) is 3.74. The lowest BCUT2D eigenvalue weighted by Gasteiger charge is -2.35. The summed E-state index contributed by atoms with van der Waals surface area (Å²) in [6.45, 7) is 7.25. The summed E-state index contributed by atoms with van der Waals surface area (Å²) in [5.41, 5.74) is 1.51. The summed E-state index contributed by atoms with van der Waals surface area (Å²) in [4.78, 5) is 2.65. The lowest BCUT2D eigenvalue weighted by Crippen LogP contribution is -2.40. The van der Waals surface area contributed by atoms with Crippen LogP contribution in [-0.4, -0.2) is 24.0 Å². The van der Waals surface area contributed by atoms with Crippen LogP contribution in [0, 0.1) is 5.92 Å². The average molecular weight is 231 g/mol. The highest BCUT2D eigenvalue weighted by Crippen LogP contribution is 2.23. The monoisotopic (exact) mass is 231 g/mol. The maximum Gasteiger partial charge on any atom is 0.00643 e. The Hall–Kier alpha value is -0.820. The molecule has 2 rings (SSSR count). The molecule has 1 saturated heterocycles. The van der Waals surface area contributed by atoms with E-state index in [1.54, 1.807) is 0 Å². The zero-order chi connectivity index (χ0) is 12.1. The molecule has 0 aromatic heterocycles. The molecule has 0 bridgehead atoms. The molecule has 1 aromatic carbocycles. The summed E-state index contributed by atoms with van der Waals surface area (Å²) < 4.78 is 0. The van der Waals surface area contributed by atoms with E-state index in [0.717, 1.165) is 12.0 Å². The summed E-state index contributed by atoms with van der Waals surface area (Å²) in [5.74, 6) is 0.901. The molecular formula is C16H25N. The van der Waals surface area contributed by atoms with E-state index >= 15 is 0 Å². The van der Waals surface area contributed by atoms with Crippen molar-refractivity contribution in [3.63, 3.8) is 0 Å². The number of benzene rings is 1. The minimum Gasteiger partial charge on any atom is -0.301 e. The van der Waals surface area contributed by atoms with Crippen molar-refractivity contribution in [2.75, 3.05) is 13.1 Å². The van der Waals surface area contributed by atoms with E-state index < -0.39 is 0 Å². The van der Waals surface area contributed by atoms with Gasteiger partial charge in [-0.3, -0.25) is 0 Å². The zero-order valence-corrected chi connectivity index (χ0v) is 11.2. The van der Waals surface area contributed by atoms with Gasteiger partial charge in [-0.05, 0) is 57.2 Å². The smallest absolute Gasteiger partial charge is 0.00643 e. The first-order valence-corrected chi connectivity index (χ1v) is 7.07. The van der Waals surface area contributed by atoms with E-state index in [-0.39, 0.29) is 0 Å². The Bertz CT molecular complexity index is 312. The number of rotatable bonds is 4. The molecule has 0 amide bonds. The Morgan fingerprint density at radius 1 is 1.18 bits per heavy atom. The van der Waals surface area contributed by atoms with Crippen LogP contribution in [0.15, 0.2) is 30.3 Å². The largest absolute Gasteiger partial charge is 0.301 e. The van der Waals surface area contributed by atoms with Crippen LogP contribution in [-0.2, 0) is 6.42 Å². The molecule has 1 heteroatoms. The van der Waals surface area contributed by atoms with E-state index in [2.05, 4.69) is 49.1 Å². The standard InChI is InChI=1S/C16H25N/c1-3-14(2)17-11-9-16(10-12-17)13-15-7-5-4-6-8-15/h4-8,14,16H,3,9-13H2,1-2H3/t14-/m0/s1. The topological polar surface area (TPSA) is 3.24 Å². The Labute approximate surface area is 106 Å². The molecule has 0 radical (unpaired) electrons. The first-order valence-electron chi connectivity index (χ1n) is 7.07. The molecular weight excluding hydrogens is 206 g/mol. The fourth-order valence-corrected chi connectivity index (χ4v) is 2.80. The predicted molar refractivity (Wildman–Crippen MR) is 74.2 cm³/mol. The first kappa shape index (κ1) is 12.6. The number of likely N-dealkylation sites (tertiary alicyclic amines) is 1. The summed E-state index contributed by atoms with van der Waals surface area (Å²) in [6.07, 6.45) is 5.30. The normalized spacial score (nSPS) is 20.4. The van der Waals surface area contributed by atoms with E-state index in [0.29, 0.717) is 0 Å². The van der Waals surface area contributed by atoms with Crippen molar-refractivity contribution in [2.24, 2.45) is 5.92 Å². The molecule has 1 atom stereocenters. The third-order valence-corrected chi connectivity index (χ3v) is 4.23. The van der Waals surface area contributed by atoms with Crippen LogP contribution >= 0.6 is 0 Å². The molecule has 1 aliphatic heterocycles. The molecule has 0 spiro atoms. The van der Waals surface area contributed by atoms with Gasteiger partial charge < -0.3 is 4.90 Å². The highest BCUT2D eigenvalue weighted by atomic mass is 15.2. The van der Waals surface area contributed by atoms with Crippen molar-refractivity contribution < 1.29 is 0 Å². The van der Waals surface area contributed by atoms with Crippen molar-refractivity contribution in [1.82, 2.24) is 4.90 Å². The molecule has 0 unspecified atom stereocenters. The van der Waals surface area contributed by atoms with Crippen LogP contribution in [0.3, 0.4) is 0 Å². The van der Waals surface area contributed by atoms with Crippen LogP contribution in [0.2, 0.25) is 0 Å². The molecule has 0 N–H and O–H groups in total. The average Bonchev–Trinajstić information content (AvgIpc) is 2.40. The number of piperidine rings is 1. The Kier molecular flexibility index (Phi) is 4.61. The number of nitrogens with zero attached hydrogens (tertiary/aromatic N) is 1. The highest BCUT2D eigenvalue weighted by molar-refractivity contribution is 5.15. The molecule has 1 heterocycles. The van der Waals surface area contributed by atoms with Gasteiger partial charge in [-0.25, -0.2) is 0 Å². The molecule has 0 saturated carbocycles. The van der Waals surface area contributed by atoms with Gasteiger partial charge in [0.2, 0.25) is 0 Å². The van der Waals surface area contributed by atoms with Crippen molar-refractivity contribution in [3.8, 4) is 0 Å². The van der Waals surface area contributed by atoms with Gasteiger partial charge in [0.1, 0.15) is 0 Å². The summed E-state index contributed by atoms with van der Waals surface area (Å²) >= 11 is 0. The van der Waals surface area contributed by atoms with E-state index in [1.165, 1.54) is 44.3 Å². The van der Waals surface area contributed by atoms with Crippen LogP contribution in [0.1, 0.15) is 38.7 Å². The fourth-order valence-electron chi connectivity index (χ4n) is 2.80. The van der Waals surface area contributed by atoms with Crippen LogP contribution in [0.25, 0.3) is 0 Å². The zero-order valence-electron chi connectivity index (χ0n) is 11.2. The van der Waals surface area contributed by atoms with Crippen molar-refractivity contribution in [2.45, 2.75) is 45.6 Å². The molecule has 1 aromatic rings. The van der Waals surface area contributed by atoms with E-state index in [1.807, 2.05) is 0 Å². The van der Waals surface area contributed by atoms with Crippen molar-refractivity contribution in [3.05, 3.63) is 35.9 Å². The second kappa shape index (κ2) is 6.20. The summed E-state index contributed by atoms with van der Waals surface area (Å²) in [7, 11) is 0. The second-order valence-corrected chi connectivity index (χ2v) is 5.43. The molecule has 94 valence electrons. The van der Waals surface area contributed by atoms with E-state index in [9.17, 15) is 0 Å². The van der Waals surface area contributed by atoms with Gasteiger partial charge in [-0.15, -0.1) is 0 Å². The van der Waals surface area contributed by atoms with Gasteiger partial charge in [0.25, 0.3) is 0 Å².